The van der Waals surface area contributed by atoms with Crippen LogP contribution in [0.5, 0.6) is 11.5 Å². The highest BCUT2D eigenvalue weighted by Crippen LogP contribution is 2.37. The Labute approximate surface area is 210 Å². The Kier molecular flexibility index (Phi) is 13.1. The van der Waals surface area contributed by atoms with Gasteiger partial charge in [-0.2, -0.15) is 0 Å². The first-order chi connectivity index (χ1) is 15.7. The van der Waals surface area contributed by atoms with Gasteiger partial charge in [-0.15, -0.1) is 12.4 Å². The van der Waals surface area contributed by atoms with E-state index in [0.717, 1.165) is 0 Å². The van der Waals surface area contributed by atoms with Crippen LogP contribution in [-0.2, 0) is 23.8 Å². The average molecular weight is 520 g/mol. The molecule has 0 saturated heterocycles. The number of rotatable bonds is 10. The zero-order chi connectivity index (χ0) is 26.2. The number of carboxylic acid groups (broad SMARTS) is 1. The predicted octanol–water partition coefficient (Wildman–Crippen LogP) is 4.04. The van der Waals surface area contributed by atoms with Crippen LogP contribution >= 0.6 is 12.4 Å². The number of hydrogen-bond donors (Lipinski definition) is 2. The minimum absolute atomic E-state index is 0. The number of carbonyl (C=O) groups excluding carboxylic acids is 3. The van der Waals surface area contributed by atoms with Crippen LogP contribution in [0.2, 0.25) is 0 Å². The third-order valence-electron chi connectivity index (χ3n) is 4.73. The van der Waals surface area contributed by atoms with Crippen LogP contribution in [0, 0.1) is 5.92 Å². The van der Waals surface area contributed by atoms with Gasteiger partial charge in [0.1, 0.15) is 12.1 Å². The fourth-order valence-electron chi connectivity index (χ4n) is 3.16. The molecule has 0 aliphatic heterocycles. The topological polar surface area (TPSA) is 161 Å². The second-order valence-corrected chi connectivity index (χ2v) is 8.31. The second-order valence-electron chi connectivity index (χ2n) is 8.31. The quantitative estimate of drug-likeness (QED) is 0.260. The number of hydrogen-bond acceptors (Lipinski definition) is 10. The van der Waals surface area contributed by atoms with Gasteiger partial charge in [0.2, 0.25) is 0 Å². The SMILES string of the molecule is CC(=O)O[C@H](C)[C@H](C)C(c1ccc(OC(=O)OC(C)C)c(OC(=O)OC(C)C)c1)[C@H](N)C(=O)O.Cl. The van der Waals surface area contributed by atoms with Gasteiger partial charge in [-0.05, 0) is 52.3 Å². The maximum absolute atomic E-state index is 12.1. The van der Waals surface area contributed by atoms with Crippen molar-refractivity contribution in [2.75, 3.05) is 0 Å². The molecule has 0 fully saturated rings. The molecule has 0 aliphatic rings. The molecule has 4 atom stereocenters. The van der Waals surface area contributed by atoms with Gasteiger partial charge in [0.05, 0.1) is 12.2 Å². The van der Waals surface area contributed by atoms with Crippen molar-refractivity contribution >= 4 is 36.7 Å². The van der Waals surface area contributed by atoms with Gasteiger partial charge in [0, 0.05) is 18.8 Å². The van der Waals surface area contributed by atoms with E-state index in [2.05, 4.69) is 0 Å². The number of nitrogens with two attached hydrogens (primary N) is 1. The molecule has 35 heavy (non-hydrogen) atoms. The zero-order valence-corrected chi connectivity index (χ0v) is 21.6. The van der Waals surface area contributed by atoms with Crippen molar-refractivity contribution in [3.63, 3.8) is 0 Å². The standard InChI is InChI=1S/C23H33NO10.ClH/c1-11(2)30-22(28)33-17-9-8-16(10-18(17)34-23(29)31-12(3)4)19(20(24)21(26)27)13(5)14(6)32-15(7)25;/h8-14,19-20H,24H2,1-7H3,(H,26,27);1H/t13-,14+,19?,20-;/m0./s1. The molecule has 3 N–H and O–H groups in total. The highest BCUT2D eigenvalue weighted by atomic mass is 35.5. The molecule has 0 spiro atoms. The number of ether oxygens (including phenoxy) is 5. The lowest BCUT2D eigenvalue weighted by atomic mass is 9.79. The molecule has 0 aliphatic carbocycles. The molecule has 11 nitrogen and oxygen atoms in total. The summed E-state index contributed by atoms with van der Waals surface area (Å²) in [5, 5.41) is 9.57. The zero-order valence-electron chi connectivity index (χ0n) is 20.8. The Hall–Kier alpha value is -3.05. The first-order valence-corrected chi connectivity index (χ1v) is 10.8. The minimum Gasteiger partial charge on any atom is -0.480 e. The number of aliphatic carboxylic acids is 1. The lowest BCUT2D eigenvalue weighted by molar-refractivity contribution is -0.148. The van der Waals surface area contributed by atoms with Crippen LogP contribution in [-0.4, -0.2) is 53.7 Å². The van der Waals surface area contributed by atoms with Crippen molar-refractivity contribution in [2.24, 2.45) is 11.7 Å². The van der Waals surface area contributed by atoms with Crippen LogP contribution in [0.3, 0.4) is 0 Å². The number of carboxylic acids is 1. The van der Waals surface area contributed by atoms with Crippen molar-refractivity contribution in [2.45, 2.75) is 78.7 Å². The van der Waals surface area contributed by atoms with Gasteiger partial charge in [-0.1, -0.05) is 13.0 Å². The fraction of sp³-hybridized carbons (Fsp3) is 0.565. The first-order valence-electron chi connectivity index (χ1n) is 10.8. The van der Waals surface area contributed by atoms with Gasteiger partial charge >= 0.3 is 24.2 Å². The average Bonchev–Trinajstić information content (AvgIpc) is 2.67. The van der Waals surface area contributed by atoms with E-state index in [1.807, 2.05) is 0 Å². The number of carbonyl (C=O) groups is 4. The van der Waals surface area contributed by atoms with E-state index >= 15 is 0 Å². The van der Waals surface area contributed by atoms with E-state index in [4.69, 9.17) is 29.4 Å². The lowest BCUT2D eigenvalue weighted by Gasteiger charge is -2.31. The number of benzene rings is 1. The van der Waals surface area contributed by atoms with Gasteiger partial charge in [-0.25, -0.2) is 9.59 Å². The highest BCUT2D eigenvalue weighted by molar-refractivity contribution is 5.85. The van der Waals surface area contributed by atoms with Gasteiger partial charge in [-0.3, -0.25) is 9.59 Å². The molecule has 1 aromatic carbocycles. The molecule has 0 bridgehead atoms. The molecular weight excluding hydrogens is 486 g/mol. The summed E-state index contributed by atoms with van der Waals surface area (Å²) in [7, 11) is 0. The molecular formula is C23H34ClNO10. The van der Waals surface area contributed by atoms with Crippen LogP contribution < -0.4 is 15.2 Å². The number of halogens is 1. The van der Waals surface area contributed by atoms with E-state index in [0.29, 0.717) is 5.56 Å². The monoisotopic (exact) mass is 519 g/mol. The molecule has 0 heterocycles. The Balaban J connectivity index is 0.0000116. The Morgan fingerprint density at radius 1 is 0.829 bits per heavy atom. The van der Waals surface area contributed by atoms with Gasteiger partial charge in [0.15, 0.2) is 11.5 Å². The van der Waals surface area contributed by atoms with E-state index in [1.54, 1.807) is 41.5 Å². The molecule has 0 aromatic heterocycles. The lowest BCUT2D eigenvalue weighted by Crippen LogP contribution is -2.42. The first kappa shape index (κ1) is 31.9. The summed E-state index contributed by atoms with van der Waals surface area (Å²) in [6.45, 7) is 11.0. The third-order valence-corrected chi connectivity index (χ3v) is 4.73. The summed E-state index contributed by atoms with van der Waals surface area (Å²) >= 11 is 0. The van der Waals surface area contributed by atoms with E-state index in [1.165, 1.54) is 25.1 Å². The highest BCUT2D eigenvalue weighted by Gasteiger charge is 2.35. The van der Waals surface area contributed by atoms with Crippen LogP contribution in [0.4, 0.5) is 9.59 Å². The molecule has 1 aromatic rings. The van der Waals surface area contributed by atoms with Crippen molar-refractivity contribution in [1.82, 2.24) is 0 Å². The maximum atomic E-state index is 12.1. The Bertz CT molecular complexity index is 889. The van der Waals surface area contributed by atoms with Crippen molar-refractivity contribution in [1.29, 1.82) is 0 Å². The normalized spacial score (nSPS) is 14.1. The molecule has 0 radical (unpaired) electrons. The third kappa shape index (κ3) is 10.4. The van der Waals surface area contributed by atoms with Gasteiger partial charge in [0.25, 0.3) is 0 Å². The molecule has 12 heteroatoms. The number of esters is 1. The maximum Gasteiger partial charge on any atom is 0.514 e. The smallest absolute Gasteiger partial charge is 0.480 e. The summed E-state index contributed by atoms with van der Waals surface area (Å²) < 4.78 is 25.5. The van der Waals surface area contributed by atoms with E-state index < -0.39 is 60.4 Å². The summed E-state index contributed by atoms with van der Waals surface area (Å²) in [4.78, 5) is 47.3. The fourth-order valence-corrected chi connectivity index (χ4v) is 3.16. The molecule has 1 rings (SSSR count). The summed E-state index contributed by atoms with van der Waals surface area (Å²) in [5.74, 6) is -3.60. The summed E-state index contributed by atoms with van der Waals surface area (Å²) in [6, 6.07) is 2.73. The van der Waals surface area contributed by atoms with Crippen LogP contribution in [0.25, 0.3) is 0 Å². The van der Waals surface area contributed by atoms with Crippen molar-refractivity contribution in [3.05, 3.63) is 23.8 Å². The molecule has 0 saturated carbocycles. The van der Waals surface area contributed by atoms with E-state index in [9.17, 15) is 24.3 Å². The summed E-state index contributed by atoms with van der Waals surface area (Å²) in [6.07, 6.45) is -3.71. The molecule has 198 valence electrons. The van der Waals surface area contributed by atoms with Gasteiger partial charge < -0.3 is 34.5 Å². The molecule has 1 unspecified atom stereocenters. The minimum atomic E-state index is -1.39. The van der Waals surface area contributed by atoms with E-state index in [-0.39, 0.29) is 23.9 Å². The predicted molar refractivity (Wildman–Crippen MR) is 127 cm³/mol. The Morgan fingerprint density at radius 2 is 1.31 bits per heavy atom. The largest absolute Gasteiger partial charge is 0.514 e. The van der Waals surface area contributed by atoms with Crippen molar-refractivity contribution in [3.8, 4) is 11.5 Å². The van der Waals surface area contributed by atoms with Crippen molar-refractivity contribution < 1.29 is 48.0 Å². The summed E-state index contributed by atoms with van der Waals surface area (Å²) in [5.41, 5.74) is 6.32. The van der Waals surface area contributed by atoms with Crippen LogP contribution in [0.15, 0.2) is 18.2 Å². The molecule has 0 amide bonds. The Morgan fingerprint density at radius 3 is 1.74 bits per heavy atom. The second kappa shape index (κ2) is 14.4. The van der Waals surface area contributed by atoms with Crippen LogP contribution in [0.1, 0.15) is 59.9 Å².